The number of carbonyl (C=O) groups is 3. The van der Waals surface area contributed by atoms with E-state index >= 15 is 0 Å². The largest absolute Gasteiger partial charge is 0.462 e. The van der Waals surface area contributed by atoms with Crippen molar-refractivity contribution in [2.75, 3.05) is 46.9 Å². The summed E-state index contributed by atoms with van der Waals surface area (Å²) in [5.74, 6) is -0.0153. The van der Waals surface area contributed by atoms with E-state index in [1.807, 2.05) is 4.90 Å². The van der Waals surface area contributed by atoms with Gasteiger partial charge in [-0.1, -0.05) is 189 Å². The van der Waals surface area contributed by atoms with Crippen LogP contribution in [0.1, 0.15) is 311 Å². The monoisotopic (exact) mass is 993 g/mol. The van der Waals surface area contributed by atoms with Gasteiger partial charge in [0.25, 0.3) is 0 Å². The summed E-state index contributed by atoms with van der Waals surface area (Å²) in [6.45, 7) is 15.0. The Kier molecular flexibility index (Phi) is 52.0. The van der Waals surface area contributed by atoms with Crippen LogP contribution in [0.4, 0.5) is 4.79 Å². The maximum absolute atomic E-state index is 13.8. The minimum absolute atomic E-state index is 0.00766. The van der Waals surface area contributed by atoms with Crippen LogP contribution >= 0.6 is 0 Å². The molecule has 0 saturated carbocycles. The zero-order valence-corrected chi connectivity index (χ0v) is 47.9. The highest BCUT2D eigenvalue weighted by Gasteiger charge is 2.21. The van der Waals surface area contributed by atoms with Gasteiger partial charge in [-0.3, -0.25) is 9.59 Å². The topological polar surface area (TPSA) is 94.6 Å². The Hall–Kier alpha value is -1.87. The van der Waals surface area contributed by atoms with Gasteiger partial charge in [0.15, 0.2) is 0 Å². The van der Waals surface area contributed by atoms with E-state index in [4.69, 9.17) is 18.9 Å². The molecule has 0 rings (SSSR count). The minimum atomic E-state index is -0.171. The molecule has 0 atom stereocenters. The van der Waals surface area contributed by atoms with Crippen molar-refractivity contribution in [2.45, 2.75) is 329 Å². The van der Waals surface area contributed by atoms with Crippen molar-refractivity contribution in [1.29, 1.82) is 0 Å². The fraction of sp³-hybridized carbons (Fsp3) is 0.951. The maximum Gasteiger partial charge on any atom is 0.410 e. The minimum Gasteiger partial charge on any atom is -0.462 e. The van der Waals surface area contributed by atoms with Crippen LogP contribution in [0.2, 0.25) is 0 Å². The molecule has 0 aliphatic heterocycles. The lowest BCUT2D eigenvalue weighted by Gasteiger charge is -2.26. The Bertz CT molecular complexity index is 1040. The first-order valence-electron chi connectivity index (χ1n) is 30.8. The Balaban J connectivity index is 5.10. The molecule has 416 valence electrons. The zero-order valence-electron chi connectivity index (χ0n) is 47.9. The van der Waals surface area contributed by atoms with Crippen molar-refractivity contribution in [3.8, 4) is 0 Å². The van der Waals surface area contributed by atoms with Crippen LogP contribution in [0, 0.1) is 0 Å². The number of rotatable bonds is 55. The van der Waals surface area contributed by atoms with Crippen molar-refractivity contribution >= 4 is 18.0 Å². The normalized spacial score (nSPS) is 11.7. The second-order valence-corrected chi connectivity index (χ2v) is 21.5. The summed E-state index contributed by atoms with van der Waals surface area (Å²) in [7, 11) is 4.17. The van der Waals surface area contributed by atoms with Crippen LogP contribution < -0.4 is 0 Å². The first-order valence-corrected chi connectivity index (χ1v) is 30.8. The van der Waals surface area contributed by atoms with E-state index in [2.05, 4.69) is 53.6 Å². The number of hydrogen-bond donors (Lipinski definition) is 0. The lowest BCUT2D eigenvalue weighted by atomic mass is 10.0. The Morgan fingerprint density at radius 3 is 1.01 bits per heavy atom. The van der Waals surface area contributed by atoms with Crippen molar-refractivity contribution in [3.05, 3.63) is 0 Å². The van der Waals surface area contributed by atoms with Gasteiger partial charge in [-0.15, -0.1) is 0 Å². The molecule has 70 heavy (non-hydrogen) atoms. The SMILES string of the molecule is CCCCCCCOCCCN(CCCN(C)C)C(=O)OC(CCCCCCCCC(=O)OC(CCCCCC)CCCCCC)CCCCCCCCC(=O)OC(CCCCCC)CCCCCC. The highest BCUT2D eigenvalue weighted by molar-refractivity contribution is 5.70. The number of ether oxygens (including phenoxy) is 4. The Morgan fingerprint density at radius 2 is 0.629 bits per heavy atom. The smallest absolute Gasteiger partial charge is 0.410 e. The third kappa shape index (κ3) is 47.2. The first kappa shape index (κ1) is 68.1. The molecule has 0 radical (unpaired) electrons. The van der Waals surface area contributed by atoms with Gasteiger partial charge in [0.05, 0.1) is 0 Å². The zero-order chi connectivity index (χ0) is 51.4. The molecule has 0 aromatic rings. The Morgan fingerprint density at radius 1 is 0.329 bits per heavy atom. The molecule has 0 aromatic carbocycles. The molecule has 1 amide bonds. The van der Waals surface area contributed by atoms with E-state index in [9.17, 15) is 14.4 Å². The van der Waals surface area contributed by atoms with Crippen LogP contribution in [-0.2, 0) is 28.5 Å². The van der Waals surface area contributed by atoms with Crippen molar-refractivity contribution in [1.82, 2.24) is 9.80 Å². The van der Waals surface area contributed by atoms with Gasteiger partial charge in [0, 0.05) is 39.1 Å². The number of unbranched alkanes of at least 4 members (excludes halogenated alkanes) is 26. The second-order valence-electron chi connectivity index (χ2n) is 21.5. The predicted octanol–water partition coefficient (Wildman–Crippen LogP) is 18.1. The molecule has 0 heterocycles. The molecule has 0 aliphatic carbocycles. The van der Waals surface area contributed by atoms with E-state index < -0.39 is 0 Å². The van der Waals surface area contributed by atoms with Crippen molar-refractivity contribution in [2.24, 2.45) is 0 Å². The molecule has 0 N–H and O–H groups in total. The Labute approximate surface area is 435 Å². The highest BCUT2D eigenvalue weighted by atomic mass is 16.6. The van der Waals surface area contributed by atoms with Crippen molar-refractivity contribution < 1.29 is 33.3 Å². The van der Waals surface area contributed by atoms with Gasteiger partial charge in [0.2, 0.25) is 0 Å². The number of esters is 2. The third-order valence-corrected chi connectivity index (χ3v) is 14.1. The van der Waals surface area contributed by atoms with E-state index in [1.54, 1.807) is 0 Å². The molecule has 0 unspecified atom stereocenters. The maximum atomic E-state index is 13.8. The van der Waals surface area contributed by atoms with Gasteiger partial charge in [0.1, 0.15) is 18.3 Å². The molecular formula is C61H120N2O7. The molecule has 9 heteroatoms. The number of hydrogen-bond acceptors (Lipinski definition) is 8. The standard InChI is InChI=1S/C61H120N2O7/c1-8-13-18-31-40-54-67-55-42-53-63(52-41-51-62(6)7)61(66)70-58(47-36-27-23-25-29-38-49-59(64)68-56(43-32-19-14-9-2)44-33-20-15-10-3)48-37-28-24-26-30-39-50-60(65)69-57(45-34-21-16-11-4)46-35-22-17-12-5/h56-58H,8-55H2,1-7H3. The van der Waals surface area contributed by atoms with Gasteiger partial charge < -0.3 is 28.7 Å². The molecule has 0 fully saturated rings. The third-order valence-electron chi connectivity index (χ3n) is 14.1. The van der Waals surface area contributed by atoms with E-state index in [1.165, 1.54) is 103 Å². The van der Waals surface area contributed by atoms with Gasteiger partial charge in [-0.2, -0.15) is 0 Å². The van der Waals surface area contributed by atoms with Crippen LogP contribution in [0.3, 0.4) is 0 Å². The van der Waals surface area contributed by atoms with E-state index in [0.29, 0.717) is 32.5 Å². The number of nitrogens with zero attached hydrogens (tertiary/aromatic N) is 2. The van der Waals surface area contributed by atoms with Gasteiger partial charge >= 0.3 is 18.0 Å². The average Bonchev–Trinajstić information content (AvgIpc) is 3.34. The summed E-state index contributed by atoms with van der Waals surface area (Å²) < 4.78 is 24.4. The quantitative estimate of drug-likeness (QED) is 0.0338. The fourth-order valence-corrected chi connectivity index (χ4v) is 9.52. The summed E-state index contributed by atoms with van der Waals surface area (Å²) in [4.78, 5) is 43.6. The molecule has 0 aliphatic rings. The lowest BCUT2D eigenvalue weighted by Crippen LogP contribution is -2.37. The summed E-state index contributed by atoms with van der Waals surface area (Å²) >= 11 is 0. The summed E-state index contributed by atoms with van der Waals surface area (Å²) in [5.41, 5.74) is 0. The summed E-state index contributed by atoms with van der Waals surface area (Å²) in [6, 6.07) is 0. The fourth-order valence-electron chi connectivity index (χ4n) is 9.52. The predicted molar refractivity (Wildman–Crippen MR) is 298 cm³/mol. The number of amides is 1. The van der Waals surface area contributed by atoms with Gasteiger partial charge in [-0.25, -0.2) is 4.79 Å². The molecular weight excluding hydrogens is 873 g/mol. The van der Waals surface area contributed by atoms with E-state index in [0.717, 1.165) is 174 Å². The highest BCUT2D eigenvalue weighted by Crippen LogP contribution is 2.22. The summed E-state index contributed by atoms with van der Waals surface area (Å²) in [6.07, 6.45) is 46.9. The van der Waals surface area contributed by atoms with Crippen LogP contribution in [0.5, 0.6) is 0 Å². The second kappa shape index (κ2) is 53.4. The van der Waals surface area contributed by atoms with Crippen LogP contribution in [0.25, 0.3) is 0 Å². The van der Waals surface area contributed by atoms with Gasteiger partial charge in [-0.05, 0) is 130 Å². The van der Waals surface area contributed by atoms with Crippen molar-refractivity contribution in [3.63, 3.8) is 0 Å². The molecule has 0 saturated heterocycles. The molecule has 0 spiro atoms. The molecule has 0 bridgehead atoms. The average molecular weight is 994 g/mol. The summed E-state index contributed by atoms with van der Waals surface area (Å²) in [5, 5.41) is 0. The molecule has 9 nitrogen and oxygen atoms in total. The number of carbonyl (C=O) groups excluding carboxylic acids is 3. The lowest BCUT2D eigenvalue weighted by molar-refractivity contribution is -0.151. The van der Waals surface area contributed by atoms with Crippen LogP contribution in [-0.4, -0.2) is 93.1 Å². The van der Waals surface area contributed by atoms with Crippen LogP contribution in [0.15, 0.2) is 0 Å². The van der Waals surface area contributed by atoms with E-state index in [-0.39, 0.29) is 36.3 Å². The first-order chi connectivity index (χ1) is 34.2. The molecule has 0 aromatic heterocycles.